The van der Waals surface area contributed by atoms with Crippen molar-refractivity contribution in [3.63, 3.8) is 0 Å². The maximum atomic E-state index is 12.6. The zero-order valence-electron chi connectivity index (χ0n) is 14.4. The molecule has 1 saturated heterocycles. The zero-order chi connectivity index (χ0) is 17.1. The van der Waals surface area contributed by atoms with Crippen LogP contribution in [0.25, 0.3) is 11.5 Å². The Morgan fingerprint density at radius 3 is 2.92 bits per heavy atom. The highest BCUT2D eigenvalue weighted by Gasteiger charge is 2.22. The minimum absolute atomic E-state index is 0.0506. The molecular formula is C16H24N6OS. The number of hydrogen-bond acceptors (Lipinski definition) is 4. The van der Waals surface area contributed by atoms with Crippen LogP contribution in [0.1, 0.15) is 19.3 Å². The summed E-state index contributed by atoms with van der Waals surface area (Å²) in [6, 6.07) is 1.81. The largest absolute Gasteiger partial charge is 0.333 e. The van der Waals surface area contributed by atoms with Gasteiger partial charge in [0.15, 0.2) is 5.82 Å². The summed E-state index contributed by atoms with van der Waals surface area (Å²) in [6.07, 6.45) is 9.16. The van der Waals surface area contributed by atoms with Gasteiger partial charge in [0.1, 0.15) is 11.5 Å². The lowest BCUT2D eigenvalue weighted by Crippen LogP contribution is -2.38. The second-order valence-corrected chi connectivity index (χ2v) is 7.27. The fourth-order valence-electron chi connectivity index (χ4n) is 2.97. The van der Waals surface area contributed by atoms with Gasteiger partial charge in [0.05, 0.1) is 0 Å². The number of imidazole rings is 1. The van der Waals surface area contributed by atoms with Gasteiger partial charge in [0.25, 0.3) is 0 Å². The molecule has 2 amide bonds. The minimum atomic E-state index is -0.0506. The Hall–Kier alpha value is -1.96. The average molecular weight is 348 g/mol. The van der Waals surface area contributed by atoms with Crippen molar-refractivity contribution < 1.29 is 4.79 Å². The molecule has 1 aliphatic heterocycles. The molecular weight excluding hydrogens is 324 g/mol. The molecule has 1 atom stereocenters. The van der Waals surface area contributed by atoms with E-state index in [1.54, 1.807) is 10.9 Å². The Morgan fingerprint density at radius 2 is 2.21 bits per heavy atom. The molecule has 1 N–H and O–H groups in total. The smallest absolute Gasteiger partial charge is 0.323 e. The van der Waals surface area contributed by atoms with Crippen LogP contribution < -0.4 is 5.32 Å². The number of hydrogen-bond donors (Lipinski definition) is 1. The fraction of sp³-hybridized carbons (Fsp3) is 0.562. The van der Waals surface area contributed by atoms with Crippen molar-refractivity contribution in [2.75, 3.05) is 24.7 Å². The number of aryl methyl sites for hydroxylation is 2. The summed E-state index contributed by atoms with van der Waals surface area (Å²) >= 11 is 1.84. The van der Waals surface area contributed by atoms with Gasteiger partial charge in [-0.2, -0.15) is 16.9 Å². The molecule has 0 unspecified atom stereocenters. The molecule has 2 aromatic heterocycles. The van der Waals surface area contributed by atoms with Gasteiger partial charge in [-0.05, 0) is 19.1 Å². The highest BCUT2D eigenvalue weighted by molar-refractivity contribution is 7.99. The molecule has 0 bridgehead atoms. The molecule has 130 valence electrons. The molecule has 3 rings (SSSR count). The number of rotatable bonds is 3. The van der Waals surface area contributed by atoms with E-state index in [1.807, 2.05) is 47.6 Å². The number of amides is 2. The molecule has 7 nitrogen and oxygen atoms in total. The summed E-state index contributed by atoms with van der Waals surface area (Å²) in [6.45, 7) is 1.62. The van der Waals surface area contributed by atoms with Gasteiger partial charge in [0.2, 0.25) is 0 Å². The molecule has 8 heteroatoms. The highest BCUT2D eigenvalue weighted by atomic mass is 32.2. The van der Waals surface area contributed by atoms with Gasteiger partial charge in [0, 0.05) is 50.9 Å². The van der Waals surface area contributed by atoms with E-state index in [4.69, 9.17) is 0 Å². The first-order chi connectivity index (χ1) is 11.6. The molecule has 3 heterocycles. The number of nitrogens with zero attached hydrogens (tertiary/aromatic N) is 5. The van der Waals surface area contributed by atoms with Crippen molar-refractivity contribution in [2.24, 2.45) is 14.1 Å². The summed E-state index contributed by atoms with van der Waals surface area (Å²) in [5.74, 6) is 1.46. The lowest BCUT2D eigenvalue weighted by molar-refractivity contribution is 0.214. The number of nitrogens with one attached hydrogen (secondary N) is 1. The Labute approximate surface area is 146 Å². The maximum absolute atomic E-state index is 12.6. The van der Waals surface area contributed by atoms with Gasteiger partial charge in [-0.1, -0.05) is 6.42 Å². The summed E-state index contributed by atoms with van der Waals surface area (Å²) in [5.41, 5.74) is 0.748. The van der Waals surface area contributed by atoms with Crippen molar-refractivity contribution in [3.8, 4) is 11.5 Å². The summed E-state index contributed by atoms with van der Waals surface area (Å²) in [7, 11) is 3.75. The van der Waals surface area contributed by atoms with Crippen molar-refractivity contribution in [3.05, 3.63) is 18.5 Å². The molecule has 0 aromatic carbocycles. The fourth-order valence-corrected chi connectivity index (χ4v) is 3.71. The molecule has 0 saturated carbocycles. The van der Waals surface area contributed by atoms with Crippen LogP contribution >= 0.6 is 11.8 Å². The third kappa shape index (κ3) is 3.58. The van der Waals surface area contributed by atoms with Crippen LogP contribution in [0.4, 0.5) is 10.6 Å². The molecule has 0 spiro atoms. The summed E-state index contributed by atoms with van der Waals surface area (Å²) in [4.78, 5) is 18.9. The first kappa shape index (κ1) is 16.9. The summed E-state index contributed by atoms with van der Waals surface area (Å²) < 4.78 is 3.59. The van der Waals surface area contributed by atoms with Gasteiger partial charge in [-0.15, -0.1) is 0 Å². The van der Waals surface area contributed by atoms with Crippen LogP contribution in [0.5, 0.6) is 0 Å². The monoisotopic (exact) mass is 348 g/mol. The SMILES string of the molecule is CS[C@H]1CCCCN(C(=O)Nc2cc(-c3nccn3C)nn2C)C1. The second-order valence-electron chi connectivity index (χ2n) is 6.13. The van der Waals surface area contributed by atoms with Crippen LogP contribution in [-0.2, 0) is 14.1 Å². The zero-order valence-corrected chi connectivity index (χ0v) is 15.2. The molecule has 1 aliphatic rings. The number of carbonyl (C=O) groups is 1. The predicted octanol–water partition coefficient (Wildman–Crippen LogP) is 2.57. The molecule has 2 aromatic rings. The normalized spacial score (nSPS) is 18.5. The van der Waals surface area contributed by atoms with Gasteiger partial charge in [-0.3, -0.25) is 10.00 Å². The van der Waals surface area contributed by atoms with Crippen LogP contribution in [0.3, 0.4) is 0 Å². The first-order valence-corrected chi connectivity index (χ1v) is 9.47. The third-order valence-electron chi connectivity index (χ3n) is 4.41. The van der Waals surface area contributed by atoms with Crippen LogP contribution in [0, 0.1) is 0 Å². The van der Waals surface area contributed by atoms with Crippen molar-refractivity contribution in [1.29, 1.82) is 0 Å². The Kier molecular flexibility index (Phi) is 5.13. The number of anilines is 1. The second kappa shape index (κ2) is 7.29. The van der Waals surface area contributed by atoms with Gasteiger partial charge >= 0.3 is 6.03 Å². The third-order valence-corrected chi connectivity index (χ3v) is 5.47. The Morgan fingerprint density at radius 1 is 1.38 bits per heavy atom. The molecule has 0 aliphatic carbocycles. The first-order valence-electron chi connectivity index (χ1n) is 8.19. The Bertz CT molecular complexity index is 709. The summed E-state index contributed by atoms with van der Waals surface area (Å²) in [5, 5.41) is 7.97. The topological polar surface area (TPSA) is 68.0 Å². The number of aromatic nitrogens is 4. The number of carbonyl (C=O) groups excluding carboxylic acids is 1. The van der Waals surface area contributed by atoms with Gasteiger partial charge in [-0.25, -0.2) is 9.78 Å². The molecule has 0 radical (unpaired) electrons. The highest BCUT2D eigenvalue weighted by Crippen LogP contribution is 2.22. The quantitative estimate of drug-likeness (QED) is 0.926. The van der Waals surface area contributed by atoms with E-state index in [0.717, 1.165) is 31.0 Å². The van der Waals surface area contributed by atoms with E-state index in [0.29, 0.717) is 11.1 Å². The standard InChI is InChI=1S/C16H24N6OS/c1-20-9-7-17-15(20)13-10-14(21(2)19-13)18-16(23)22-8-5-4-6-12(11-22)24-3/h7,9-10,12H,4-6,8,11H2,1-3H3,(H,18,23)/t12-/m0/s1. The molecule has 1 fully saturated rings. The number of urea groups is 1. The lowest BCUT2D eigenvalue weighted by atomic mass is 10.2. The van der Waals surface area contributed by atoms with Crippen molar-refractivity contribution in [1.82, 2.24) is 24.2 Å². The van der Waals surface area contributed by atoms with E-state index in [9.17, 15) is 4.79 Å². The van der Waals surface area contributed by atoms with E-state index in [2.05, 4.69) is 21.7 Å². The lowest BCUT2D eigenvalue weighted by Gasteiger charge is -2.23. The van der Waals surface area contributed by atoms with E-state index in [-0.39, 0.29) is 6.03 Å². The van der Waals surface area contributed by atoms with E-state index < -0.39 is 0 Å². The van der Waals surface area contributed by atoms with Crippen molar-refractivity contribution >= 4 is 23.6 Å². The van der Waals surface area contributed by atoms with E-state index in [1.165, 1.54) is 12.8 Å². The van der Waals surface area contributed by atoms with Crippen LogP contribution in [-0.4, -0.2) is 54.9 Å². The maximum Gasteiger partial charge on any atom is 0.323 e. The van der Waals surface area contributed by atoms with Crippen LogP contribution in [0.15, 0.2) is 18.5 Å². The molecule has 24 heavy (non-hydrogen) atoms. The Balaban J connectivity index is 1.72. The van der Waals surface area contributed by atoms with Crippen LogP contribution in [0.2, 0.25) is 0 Å². The van der Waals surface area contributed by atoms with E-state index >= 15 is 0 Å². The number of thioether (sulfide) groups is 1. The predicted molar refractivity (Wildman–Crippen MR) is 97.2 cm³/mol. The number of likely N-dealkylation sites (tertiary alicyclic amines) is 1. The average Bonchev–Trinajstić information content (AvgIpc) is 3.04. The van der Waals surface area contributed by atoms with Crippen molar-refractivity contribution in [2.45, 2.75) is 24.5 Å². The minimum Gasteiger partial charge on any atom is -0.333 e. The van der Waals surface area contributed by atoms with Gasteiger partial charge < -0.3 is 9.47 Å².